The van der Waals surface area contributed by atoms with Crippen LogP contribution in [0, 0.1) is 11.3 Å². The average Bonchev–Trinajstić information content (AvgIpc) is 2.81. The number of hydrogen-bond donors (Lipinski definition) is 0. The third-order valence-electron chi connectivity index (χ3n) is 5.61. The van der Waals surface area contributed by atoms with Crippen LogP contribution in [0.25, 0.3) is 0 Å². The standard InChI is InChI=1S/C23H28N4O3S/c1-3-26(4-2)23(28)21-9-11-22(12-10-21)31(29,30)27-15-13-25(14-16-27)18-20-7-5-19(17-24)6-8-20/h5-12H,3-4,13-16,18H2,1-2H3. The van der Waals surface area contributed by atoms with Crippen molar-refractivity contribution in [1.82, 2.24) is 14.1 Å². The van der Waals surface area contributed by atoms with Gasteiger partial charge >= 0.3 is 0 Å². The summed E-state index contributed by atoms with van der Waals surface area (Å²) in [6.07, 6.45) is 0. The Morgan fingerprint density at radius 1 is 0.968 bits per heavy atom. The lowest BCUT2D eigenvalue weighted by molar-refractivity contribution is 0.0773. The van der Waals surface area contributed by atoms with Gasteiger partial charge in [-0.3, -0.25) is 9.69 Å². The summed E-state index contributed by atoms with van der Waals surface area (Å²) in [5.74, 6) is -0.0923. The van der Waals surface area contributed by atoms with E-state index in [0.717, 1.165) is 12.1 Å². The van der Waals surface area contributed by atoms with Crippen molar-refractivity contribution in [3.05, 3.63) is 65.2 Å². The van der Waals surface area contributed by atoms with E-state index in [0.29, 0.717) is 50.4 Å². The maximum absolute atomic E-state index is 13.0. The Balaban J connectivity index is 1.61. The van der Waals surface area contributed by atoms with Crippen molar-refractivity contribution in [1.29, 1.82) is 5.26 Å². The minimum absolute atomic E-state index is 0.0923. The molecule has 2 aromatic carbocycles. The molecule has 0 radical (unpaired) electrons. The highest BCUT2D eigenvalue weighted by Crippen LogP contribution is 2.20. The molecule has 31 heavy (non-hydrogen) atoms. The number of amides is 1. The fourth-order valence-corrected chi connectivity index (χ4v) is 5.11. The molecule has 0 saturated carbocycles. The minimum Gasteiger partial charge on any atom is -0.339 e. The Kier molecular flexibility index (Phi) is 7.44. The van der Waals surface area contributed by atoms with E-state index in [4.69, 9.17) is 5.26 Å². The van der Waals surface area contributed by atoms with Gasteiger partial charge in [-0.15, -0.1) is 0 Å². The molecule has 0 spiro atoms. The predicted molar refractivity (Wildman–Crippen MR) is 119 cm³/mol. The van der Waals surface area contributed by atoms with E-state index >= 15 is 0 Å². The highest BCUT2D eigenvalue weighted by Gasteiger charge is 2.28. The van der Waals surface area contributed by atoms with Crippen molar-refractivity contribution in [2.75, 3.05) is 39.3 Å². The molecule has 0 atom stereocenters. The van der Waals surface area contributed by atoms with Crippen LogP contribution < -0.4 is 0 Å². The molecule has 1 saturated heterocycles. The zero-order valence-electron chi connectivity index (χ0n) is 18.0. The molecular formula is C23H28N4O3S. The molecule has 0 N–H and O–H groups in total. The molecule has 8 heteroatoms. The van der Waals surface area contributed by atoms with Gasteiger partial charge in [0.05, 0.1) is 16.5 Å². The molecule has 0 aromatic heterocycles. The summed E-state index contributed by atoms with van der Waals surface area (Å²) in [4.78, 5) is 16.6. The summed E-state index contributed by atoms with van der Waals surface area (Å²) >= 11 is 0. The summed E-state index contributed by atoms with van der Waals surface area (Å²) < 4.78 is 27.6. The van der Waals surface area contributed by atoms with Crippen LogP contribution in [0.4, 0.5) is 0 Å². The summed E-state index contributed by atoms with van der Waals surface area (Å²) in [7, 11) is -3.60. The van der Waals surface area contributed by atoms with Crippen LogP contribution in [-0.2, 0) is 16.6 Å². The molecule has 7 nitrogen and oxygen atoms in total. The van der Waals surface area contributed by atoms with E-state index in [1.807, 2.05) is 26.0 Å². The Hall–Kier alpha value is -2.73. The Labute approximate surface area is 184 Å². The number of rotatable bonds is 7. The number of sulfonamides is 1. The van der Waals surface area contributed by atoms with Crippen LogP contribution in [-0.4, -0.2) is 67.7 Å². The molecule has 164 valence electrons. The van der Waals surface area contributed by atoms with Crippen LogP contribution in [0.15, 0.2) is 53.4 Å². The third kappa shape index (κ3) is 5.31. The first-order valence-electron chi connectivity index (χ1n) is 10.5. The van der Waals surface area contributed by atoms with Crippen LogP contribution in [0.2, 0.25) is 0 Å². The topological polar surface area (TPSA) is 84.7 Å². The van der Waals surface area contributed by atoms with Crippen molar-refractivity contribution in [3.63, 3.8) is 0 Å². The van der Waals surface area contributed by atoms with Crippen molar-refractivity contribution in [3.8, 4) is 6.07 Å². The van der Waals surface area contributed by atoms with Crippen LogP contribution in [0.5, 0.6) is 0 Å². The molecule has 1 aliphatic rings. The molecule has 1 amide bonds. The zero-order valence-corrected chi connectivity index (χ0v) is 18.8. The van der Waals surface area contributed by atoms with Gasteiger partial charge in [-0.2, -0.15) is 9.57 Å². The first-order valence-corrected chi connectivity index (χ1v) is 11.9. The maximum atomic E-state index is 13.0. The second kappa shape index (κ2) is 10.1. The maximum Gasteiger partial charge on any atom is 0.253 e. The molecular weight excluding hydrogens is 412 g/mol. The smallest absolute Gasteiger partial charge is 0.253 e. The largest absolute Gasteiger partial charge is 0.339 e. The van der Waals surface area contributed by atoms with Gasteiger partial charge in [0, 0.05) is 51.4 Å². The summed E-state index contributed by atoms with van der Waals surface area (Å²) in [6.45, 7) is 7.89. The zero-order chi connectivity index (χ0) is 22.4. The Morgan fingerprint density at radius 3 is 2.06 bits per heavy atom. The number of piperazine rings is 1. The summed E-state index contributed by atoms with van der Waals surface area (Å²) in [5.41, 5.74) is 2.23. The lowest BCUT2D eigenvalue weighted by atomic mass is 10.1. The molecule has 0 aliphatic carbocycles. The van der Waals surface area contributed by atoms with Crippen molar-refractivity contribution >= 4 is 15.9 Å². The van der Waals surface area contributed by atoms with Crippen molar-refractivity contribution in [2.24, 2.45) is 0 Å². The number of carbonyl (C=O) groups excluding carboxylic acids is 1. The van der Waals surface area contributed by atoms with E-state index in [2.05, 4.69) is 11.0 Å². The molecule has 1 aliphatic heterocycles. The van der Waals surface area contributed by atoms with Gasteiger partial charge in [0.15, 0.2) is 0 Å². The normalized spacial score (nSPS) is 15.4. The number of benzene rings is 2. The number of carbonyl (C=O) groups is 1. The molecule has 2 aromatic rings. The van der Waals surface area contributed by atoms with Gasteiger partial charge < -0.3 is 4.90 Å². The van der Waals surface area contributed by atoms with Gasteiger partial charge in [-0.1, -0.05) is 12.1 Å². The highest BCUT2D eigenvalue weighted by atomic mass is 32.2. The fourth-order valence-electron chi connectivity index (χ4n) is 3.68. The SMILES string of the molecule is CCN(CC)C(=O)c1ccc(S(=O)(=O)N2CCN(Cc3ccc(C#N)cc3)CC2)cc1. The minimum atomic E-state index is -3.60. The lowest BCUT2D eigenvalue weighted by Gasteiger charge is -2.34. The molecule has 3 rings (SSSR count). The lowest BCUT2D eigenvalue weighted by Crippen LogP contribution is -2.48. The van der Waals surface area contributed by atoms with Gasteiger partial charge in [-0.25, -0.2) is 8.42 Å². The highest BCUT2D eigenvalue weighted by molar-refractivity contribution is 7.89. The third-order valence-corrected chi connectivity index (χ3v) is 7.52. The Morgan fingerprint density at radius 2 is 1.55 bits per heavy atom. The first-order chi connectivity index (χ1) is 14.9. The van der Waals surface area contributed by atoms with Crippen LogP contribution in [0.3, 0.4) is 0 Å². The second-order valence-corrected chi connectivity index (χ2v) is 9.43. The van der Waals surface area contributed by atoms with E-state index < -0.39 is 10.0 Å². The monoisotopic (exact) mass is 440 g/mol. The average molecular weight is 441 g/mol. The van der Waals surface area contributed by atoms with Crippen LogP contribution in [0.1, 0.15) is 35.3 Å². The van der Waals surface area contributed by atoms with E-state index in [-0.39, 0.29) is 10.8 Å². The molecule has 0 unspecified atom stereocenters. The summed E-state index contributed by atoms with van der Waals surface area (Å²) in [5, 5.41) is 8.90. The predicted octanol–water partition coefficient (Wildman–Crippen LogP) is 2.55. The van der Waals surface area contributed by atoms with Crippen molar-refractivity contribution < 1.29 is 13.2 Å². The quantitative estimate of drug-likeness (QED) is 0.661. The Bertz CT molecular complexity index is 1030. The van der Waals surface area contributed by atoms with E-state index in [1.54, 1.807) is 29.2 Å². The van der Waals surface area contributed by atoms with Crippen LogP contribution >= 0.6 is 0 Å². The van der Waals surface area contributed by atoms with Gasteiger partial charge in [0.25, 0.3) is 5.91 Å². The van der Waals surface area contributed by atoms with Crippen molar-refractivity contribution in [2.45, 2.75) is 25.3 Å². The molecule has 1 heterocycles. The summed E-state index contributed by atoms with van der Waals surface area (Å²) in [6, 6.07) is 15.8. The van der Waals surface area contributed by atoms with Gasteiger partial charge in [0.1, 0.15) is 0 Å². The number of nitriles is 1. The molecule has 1 fully saturated rings. The fraction of sp³-hybridized carbons (Fsp3) is 0.391. The number of hydrogen-bond acceptors (Lipinski definition) is 5. The van der Waals surface area contributed by atoms with Gasteiger partial charge in [0.2, 0.25) is 10.0 Å². The second-order valence-electron chi connectivity index (χ2n) is 7.49. The van der Waals surface area contributed by atoms with Gasteiger partial charge in [-0.05, 0) is 55.8 Å². The van der Waals surface area contributed by atoms with E-state index in [1.165, 1.54) is 16.4 Å². The van der Waals surface area contributed by atoms with E-state index in [9.17, 15) is 13.2 Å². The molecule has 0 bridgehead atoms. The number of nitrogens with zero attached hydrogens (tertiary/aromatic N) is 4. The first kappa shape index (κ1) is 22.9.